The third-order valence-electron chi connectivity index (χ3n) is 3.33. The molecule has 0 bridgehead atoms. The Morgan fingerprint density at radius 2 is 1.83 bits per heavy atom. The molecule has 1 aliphatic rings. The number of benzene rings is 2. The van der Waals surface area contributed by atoms with Crippen molar-refractivity contribution in [3.8, 4) is 0 Å². The van der Waals surface area contributed by atoms with Crippen molar-refractivity contribution in [2.75, 3.05) is 10.7 Å². The second kappa shape index (κ2) is 7.10. The summed E-state index contributed by atoms with van der Waals surface area (Å²) in [7, 11) is 0. The number of amidine groups is 1. The molecule has 0 spiro atoms. The predicted octanol–water partition coefficient (Wildman–Crippen LogP) is 4.31. The third kappa shape index (κ3) is 3.71. The van der Waals surface area contributed by atoms with Crippen molar-refractivity contribution in [1.82, 2.24) is 0 Å². The van der Waals surface area contributed by atoms with E-state index in [1.54, 1.807) is 4.90 Å². The first-order valence-corrected chi connectivity index (χ1v) is 8.82. The summed E-state index contributed by atoms with van der Waals surface area (Å²) in [6.07, 6.45) is 0. The van der Waals surface area contributed by atoms with E-state index in [4.69, 9.17) is 0 Å². The fourth-order valence-electron chi connectivity index (χ4n) is 2.13. The van der Waals surface area contributed by atoms with Gasteiger partial charge in [-0.15, -0.1) is 5.10 Å². The molecule has 0 N–H and O–H groups in total. The van der Waals surface area contributed by atoms with Gasteiger partial charge in [0, 0.05) is 4.47 Å². The monoisotopic (exact) mass is 387 g/mol. The van der Waals surface area contributed by atoms with Crippen molar-refractivity contribution in [3.63, 3.8) is 0 Å². The van der Waals surface area contributed by atoms with Crippen LogP contribution in [0.15, 0.2) is 69.3 Å². The molecule has 0 atom stereocenters. The largest absolute Gasteiger partial charge is 0.273 e. The van der Waals surface area contributed by atoms with Gasteiger partial charge in [0.2, 0.25) is 5.91 Å². The maximum Gasteiger partial charge on any atom is 0.243 e. The normalized spacial score (nSPS) is 17.1. The summed E-state index contributed by atoms with van der Waals surface area (Å²) in [6, 6.07) is 17.4. The summed E-state index contributed by atoms with van der Waals surface area (Å²) in [5, 5.41) is 9.19. The van der Waals surface area contributed by atoms with Crippen molar-refractivity contribution >= 4 is 50.2 Å². The molecule has 0 aliphatic carbocycles. The minimum Gasteiger partial charge on any atom is -0.273 e. The molecule has 116 valence electrons. The van der Waals surface area contributed by atoms with Crippen LogP contribution in [0, 0.1) is 0 Å². The maximum atomic E-state index is 12.1. The molecule has 0 unspecified atom stereocenters. The van der Waals surface area contributed by atoms with Gasteiger partial charge >= 0.3 is 0 Å². The van der Waals surface area contributed by atoms with Gasteiger partial charge < -0.3 is 0 Å². The van der Waals surface area contributed by atoms with E-state index in [-0.39, 0.29) is 5.91 Å². The molecule has 23 heavy (non-hydrogen) atoms. The van der Waals surface area contributed by atoms with Gasteiger partial charge in [-0.1, -0.05) is 58.0 Å². The van der Waals surface area contributed by atoms with Gasteiger partial charge in [0.25, 0.3) is 0 Å². The number of para-hydroxylation sites is 1. The molecule has 3 rings (SSSR count). The molecule has 4 nitrogen and oxygen atoms in total. The number of anilines is 1. The number of nitrogens with zero attached hydrogens (tertiary/aromatic N) is 3. The summed E-state index contributed by atoms with van der Waals surface area (Å²) >= 11 is 4.82. The predicted molar refractivity (Wildman–Crippen MR) is 100 cm³/mol. The lowest BCUT2D eigenvalue weighted by atomic mass is 10.1. The van der Waals surface area contributed by atoms with Gasteiger partial charge in [-0.3, -0.25) is 9.69 Å². The van der Waals surface area contributed by atoms with Crippen LogP contribution >= 0.6 is 27.7 Å². The van der Waals surface area contributed by atoms with Crippen LogP contribution in [0.25, 0.3) is 0 Å². The summed E-state index contributed by atoms with van der Waals surface area (Å²) in [5.74, 6) is 0.414. The average Bonchev–Trinajstić information content (AvgIpc) is 2.95. The van der Waals surface area contributed by atoms with Crippen LogP contribution in [0.2, 0.25) is 0 Å². The van der Waals surface area contributed by atoms with Gasteiger partial charge in [0.15, 0.2) is 5.17 Å². The molecule has 0 saturated carbocycles. The lowest BCUT2D eigenvalue weighted by Gasteiger charge is -2.14. The number of amides is 1. The van der Waals surface area contributed by atoms with Crippen LogP contribution in [-0.2, 0) is 4.79 Å². The number of halogens is 1. The van der Waals surface area contributed by atoms with E-state index in [2.05, 4.69) is 26.1 Å². The van der Waals surface area contributed by atoms with Crippen molar-refractivity contribution in [3.05, 3.63) is 64.6 Å². The topological polar surface area (TPSA) is 45.0 Å². The minimum atomic E-state index is 0.0245. The van der Waals surface area contributed by atoms with Crippen molar-refractivity contribution in [2.45, 2.75) is 6.92 Å². The number of thioether (sulfide) groups is 1. The summed E-state index contributed by atoms with van der Waals surface area (Å²) in [6.45, 7) is 1.90. The highest BCUT2D eigenvalue weighted by Gasteiger charge is 2.29. The SMILES string of the molecule is C/C(=N\N=C1\SCC(=O)N1c1ccccc1)c1ccc(Br)cc1. The molecule has 1 heterocycles. The molecule has 2 aromatic rings. The average molecular weight is 388 g/mol. The van der Waals surface area contributed by atoms with Gasteiger partial charge in [0.1, 0.15) is 0 Å². The van der Waals surface area contributed by atoms with Crippen LogP contribution in [0.1, 0.15) is 12.5 Å². The molecule has 0 radical (unpaired) electrons. The fourth-order valence-corrected chi connectivity index (χ4v) is 3.21. The van der Waals surface area contributed by atoms with Crippen LogP contribution < -0.4 is 4.90 Å². The molecule has 1 aliphatic heterocycles. The highest BCUT2D eigenvalue weighted by Crippen LogP contribution is 2.26. The van der Waals surface area contributed by atoms with E-state index in [1.807, 2.05) is 61.5 Å². The van der Waals surface area contributed by atoms with Crippen LogP contribution in [0.5, 0.6) is 0 Å². The summed E-state index contributed by atoms with van der Waals surface area (Å²) < 4.78 is 1.02. The number of carbonyl (C=O) groups excluding carboxylic acids is 1. The smallest absolute Gasteiger partial charge is 0.243 e. The standard InChI is InChI=1S/C17H14BrN3OS/c1-12(13-7-9-14(18)10-8-13)19-20-17-21(16(22)11-23-17)15-5-3-2-4-6-15/h2-10H,11H2,1H3/b19-12+,20-17+. The molecule has 1 fully saturated rings. The van der Waals surface area contributed by atoms with E-state index >= 15 is 0 Å². The Kier molecular flexibility index (Phi) is 4.93. The molecule has 6 heteroatoms. The maximum absolute atomic E-state index is 12.1. The molecular formula is C17H14BrN3OS. The Morgan fingerprint density at radius 3 is 2.52 bits per heavy atom. The van der Waals surface area contributed by atoms with Crippen molar-refractivity contribution < 1.29 is 4.79 Å². The fraction of sp³-hybridized carbons (Fsp3) is 0.118. The van der Waals surface area contributed by atoms with Gasteiger partial charge in [-0.05, 0) is 36.8 Å². The molecule has 1 amide bonds. The Labute approximate surface area is 147 Å². The van der Waals surface area contributed by atoms with E-state index in [0.717, 1.165) is 21.4 Å². The number of hydrogen-bond donors (Lipinski definition) is 0. The molecular weight excluding hydrogens is 374 g/mol. The van der Waals surface area contributed by atoms with Crippen molar-refractivity contribution in [1.29, 1.82) is 0 Å². The second-order valence-electron chi connectivity index (χ2n) is 4.93. The first-order chi connectivity index (χ1) is 11.1. The number of hydrogen-bond acceptors (Lipinski definition) is 4. The molecule has 1 saturated heterocycles. The second-order valence-corrected chi connectivity index (χ2v) is 6.79. The minimum absolute atomic E-state index is 0.0245. The van der Waals surface area contributed by atoms with Crippen LogP contribution in [0.3, 0.4) is 0 Å². The summed E-state index contributed by atoms with van der Waals surface area (Å²) in [4.78, 5) is 13.7. The molecule has 0 aromatic heterocycles. The zero-order valence-corrected chi connectivity index (χ0v) is 14.8. The Hall–Kier alpha value is -1.92. The highest BCUT2D eigenvalue weighted by molar-refractivity contribution is 9.10. The zero-order valence-electron chi connectivity index (χ0n) is 12.4. The van der Waals surface area contributed by atoms with E-state index in [0.29, 0.717) is 10.9 Å². The Morgan fingerprint density at radius 1 is 1.13 bits per heavy atom. The quantitative estimate of drug-likeness (QED) is 0.581. The van der Waals surface area contributed by atoms with E-state index in [1.165, 1.54) is 11.8 Å². The highest BCUT2D eigenvalue weighted by atomic mass is 79.9. The lowest BCUT2D eigenvalue weighted by Crippen LogP contribution is -2.28. The van der Waals surface area contributed by atoms with Crippen LogP contribution in [0.4, 0.5) is 5.69 Å². The first-order valence-electron chi connectivity index (χ1n) is 7.04. The zero-order chi connectivity index (χ0) is 16.2. The lowest BCUT2D eigenvalue weighted by molar-refractivity contribution is -0.115. The van der Waals surface area contributed by atoms with Gasteiger partial charge in [-0.25, -0.2) is 0 Å². The van der Waals surface area contributed by atoms with Crippen LogP contribution in [-0.4, -0.2) is 22.5 Å². The number of carbonyl (C=O) groups is 1. The third-order valence-corrected chi connectivity index (χ3v) is 4.77. The van der Waals surface area contributed by atoms with Gasteiger partial charge in [-0.2, -0.15) is 5.10 Å². The summed E-state index contributed by atoms with van der Waals surface area (Å²) in [5.41, 5.74) is 2.62. The Bertz CT molecular complexity index is 772. The van der Waals surface area contributed by atoms with E-state index in [9.17, 15) is 4.79 Å². The number of rotatable bonds is 3. The first kappa shape index (κ1) is 16.0. The molecule has 2 aromatic carbocycles. The van der Waals surface area contributed by atoms with E-state index < -0.39 is 0 Å². The van der Waals surface area contributed by atoms with Crippen molar-refractivity contribution in [2.24, 2.45) is 10.2 Å². The Balaban J connectivity index is 1.87. The van der Waals surface area contributed by atoms with Gasteiger partial charge in [0.05, 0.1) is 17.2 Å².